The van der Waals surface area contributed by atoms with Crippen LogP contribution < -0.4 is 5.32 Å². The van der Waals surface area contributed by atoms with Gasteiger partial charge in [-0.25, -0.2) is 4.98 Å². The fraction of sp³-hybridized carbons (Fsp3) is 0.769. The molecule has 0 atom stereocenters. The summed E-state index contributed by atoms with van der Waals surface area (Å²) in [7, 11) is 2.05. The van der Waals surface area contributed by atoms with Gasteiger partial charge in [0.1, 0.15) is 0 Å². The number of nitrogens with zero attached hydrogens (tertiary/aromatic N) is 2. The molecule has 2 rings (SSSR count). The monoisotopic (exact) mass is 325 g/mol. The number of aryl methyl sites for hydroxylation is 1. The summed E-state index contributed by atoms with van der Waals surface area (Å²) >= 11 is 1.80. The van der Waals surface area contributed by atoms with Gasteiger partial charge in [-0.15, -0.1) is 36.2 Å². The Morgan fingerprint density at radius 2 is 2.05 bits per heavy atom. The van der Waals surface area contributed by atoms with Crippen LogP contribution >= 0.6 is 36.2 Å². The zero-order valence-corrected chi connectivity index (χ0v) is 14.2. The van der Waals surface area contributed by atoms with Crippen LogP contribution in [0.1, 0.15) is 23.4 Å². The van der Waals surface area contributed by atoms with Gasteiger partial charge in [0.15, 0.2) is 0 Å². The molecule has 1 aromatic heterocycles. The van der Waals surface area contributed by atoms with Gasteiger partial charge >= 0.3 is 0 Å². The highest BCUT2D eigenvalue weighted by molar-refractivity contribution is 7.09. The molecular weight excluding hydrogens is 301 g/mol. The van der Waals surface area contributed by atoms with Crippen LogP contribution in [-0.2, 0) is 6.42 Å². The minimum Gasteiger partial charge on any atom is -0.319 e. The third-order valence-electron chi connectivity index (χ3n) is 3.70. The average molecular weight is 326 g/mol. The lowest BCUT2D eigenvalue weighted by Gasteiger charge is -2.31. The molecule has 1 N–H and O–H groups in total. The van der Waals surface area contributed by atoms with E-state index in [-0.39, 0.29) is 24.8 Å². The number of thiazole rings is 1. The number of piperidine rings is 1. The number of hydrogen-bond donors (Lipinski definition) is 1. The van der Waals surface area contributed by atoms with Crippen LogP contribution in [0.5, 0.6) is 0 Å². The SMILES string of the molecule is CNCC1CCN(CCc2scnc2C)CC1.Cl.Cl. The number of aromatic nitrogens is 1. The maximum absolute atomic E-state index is 4.31. The summed E-state index contributed by atoms with van der Waals surface area (Å²) in [6.45, 7) is 7.04. The molecule has 1 fully saturated rings. The summed E-state index contributed by atoms with van der Waals surface area (Å²) < 4.78 is 0. The molecule has 19 heavy (non-hydrogen) atoms. The Morgan fingerprint density at radius 3 is 2.58 bits per heavy atom. The summed E-state index contributed by atoms with van der Waals surface area (Å²) in [5, 5.41) is 3.29. The van der Waals surface area contributed by atoms with Crippen molar-refractivity contribution in [2.45, 2.75) is 26.2 Å². The predicted molar refractivity (Wildman–Crippen MR) is 88.1 cm³/mol. The molecule has 1 aromatic rings. The molecule has 0 radical (unpaired) electrons. The van der Waals surface area contributed by atoms with E-state index in [2.05, 4.69) is 29.2 Å². The first kappa shape index (κ1) is 19.1. The second-order valence-corrected chi connectivity index (χ2v) is 5.89. The van der Waals surface area contributed by atoms with Crippen LogP contribution in [0.4, 0.5) is 0 Å². The van der Waals surface area contributed by atoms with Crippen molar-refractivity contribution >= 4 is 36.2 Å². The molecule has 0 aromatic carbocycles. The molecule has 3 nitrogen and oxygen atoms in total. The van der Waals surface area contributed by atoms with Crippen LogP contribution in [0, 0.1) is 12.8 Å². The molecule has 1 saturated heterocycles. The van der Waals surface area contributed by atoms with Crippen molar-refractivity contribution in [3.05, 3.63) is 16.1 Å². The Morgan fingerprint density at radius 1 is 1.37 bits per heavy atom. The van der Waals surface area contributed by atoms with Crippen molar-refractivity contribution in [3.63, 3.8) is 0 Å². The van der Waals surface area contributed by atoms with Gasteiger partial charge < -0.3 is 10.2 Å². The molecule has 0 saturated carbocycles. The molecule has 0 bridgehead atoms. The zero-order valence-electron chi connectivity index (χ0n) is 11.7. The molecular formula is C13H25Cl2N3S. The highest BCUT2D eigenvalue weighted by Gasteiger charge is 2.18. The normalized spacial score (nSPS) is 16.7. The van der Waals surface area contributed by atoms with Crippen LogP contribution in [-0.4, -0.2) is 43.1 Å². The van der Waals surface area contributed by atoms with Gasteiger partial charge in [-0.05, 0) is 58.8 Å². The van der Waals surface area contributed by atoms with Crippen LogP contribution in [0.3, 0.4) is 0 Å². The number of rotatable bonds is 5. The highest BCUT2D eigenvalue weighted by atomic mass is 35.5. The fourth-order valence-corrected chi connectivity index (χ4v) is 3.30. The van der Waals surface area contributed by atoms with Crippen molar-refractivity contribution in [2.75, 3.05) is 33.2 Å². The second kappa shape index (κ2) is 9.94. The van der Waals surface area contributed by atoms with Gasteiger partial charge in [-0.1, -0.05) is 0 Å². The standard InChI is InChI=1S/C13H23N3S.2ClH/c1-11-13(17-10-15-11)5-8-16-6-3-12(4-7-16)9-14-2;;/h10,12,14H,3-9H2,1-2H3;2*1H. The summed E-state index contributed by atoms with van der Waals surface area (Å²) in [4.78, 5) is 8.37. The van der Waals surface area contributed by atoms with Gasteiger partial charge in [0.05, 0.1) is 11.2 Å². The Labute approximate surface area is 133 Å². The minimum atomic E-state index is 0. The average Bonchev–Trinajstić information content (AvgIpc) is 2.75. The van der Waals surface area contributed by atoms with E-state index >= 15 is 0 Å². The van der Waals surface area contributed by atoms with Gasteiger partial charge in [0.25, 0.3) is 0 Å². The van der Waals surface area contributed by atoms with E-state index in [9.17, 15) is 0 Å². The summed E-state index contributed by atoms with van der Waals surface area (Å²) in [6, 6.07) is 0. The first-order chi connectivity index (χ1) is 8.29. The first-order valence-corrected chi connectivity index (χ1v) is 7.43. The Balaban J connectivity index is 0.00000162. The fourth-order valence-electron chi connectivity index (χ4n) is 2.53. The van der Waals surface area contributed by atoms with E-state index < -0.39 is 0 Å². The predicted octanol–water partition coefficient (Wildman–Crippen LogP) is 2.77. The van der Waals surface area contributed by atoms with Crippen LogP contribution in [0.25, 0.3) is 0 Å². The van der Waals surface area contributed by atoms with Crippen molar-refractivity contribution in [1.29, 1.82) is 0 Å². The van der Waals surface area contributed by atoms with Crippen molar-refractivity contribution < 1.29 is 0 Å². The molecule has 0 aliphatic carbocycles. The second-order valence-electron chi connectivity index (χ2n) is 4.95. The largest absolute Gasteiger partial charge is 0.319 e. The van der Waals surface area contributed by atoms with Gasteiger partial charge in [0.2, 0.25) is 0 Å². The smallest absolute Gasteiger partial charge is 0.0797 e. The minimum absolute atomic E-state index is 0. The third-order valence-corrected chi connectivity index (χ3v) is 4.69. The number of nitrogens with one attached hydrogen (secondary N) is 1. The van der Waals surface area contributed by atoms with E-state index in [4.69, 9.17) is 0 Å². The van der Waals surface area contributed by atoms with E-state index in [0.717, 1.165) is 5.92 Å². The Kier molecular flexibility index (Phi) is 10.0. The molecule has 112 valence electrons. The lowest BCUT2D eigenvalue weighted by atomic mass is 9.97. The van der Waals surface area contributed by atoms with Crippen molar-refractivity contribution in [1.82, 2.24) is 15.2 Å². The summed E-state index contributed by atoms with van der Waals surface area (Å²) in [6.07, 6.45) is 3.87. The van der Waals surface area contributed by atoms with Crippen LogP contribution in [0.2, 0.25) is 0 Å². The number of halogens is 2. The van der Waals surface area contributed by atoms with Gasteiger partial charge in [-0.2, -0.15) is 0 Å². The zero-order chi connectivity index (χ0) is 12.1. The molecule has 0 unspecified atom stereocenters. The maximum atomic E-state index is 4.31. The van der Waals surface area contributed by atoms with Gasteiger partial charge in [0, 0.05) is 11.4 Å². The highest BCUT2D eigenvalue weighted by Crippen LogP contribution is 2.18. The summed E-state index contributed by atoms with van der Waals surface area (Å²) in [5.74, 6) is 0.890. The van der Waals surface area contributed by atoms with Gasteiger partial charge in [-0.3, -0.25) is 0 Å². The Bertz CT molecular complexity index is 338. The summed E-state index contributed by atoms with van der Waals surface area (Å²) in [5.41, 5.74) is 3.18. The maximum Gasteiger partial charge on any atom is 0.0797 e. The lowest BCUT2D eigenvalue weighted by Crippen LogP contribution is -2.37. The number of likely N-dealkylation sites (tertiary alicyclic amines) is 1. The lowest BCUT2D eigenvalue weighted by molar-refractivity contribution is 0.186. The molecule has 6 heteroatoms. The number of hydrogen-bond acceptors (Lipinski definition) is 4. The molecule has 1 aliphatic heterocycles. The van der Waals surface area contributed by atoms with E-state index in [0.29, 0.717) is 0 Å². The topological polar surface area (TPSA) is 28.2 Å². The quantitative estimate of drug-likeness (QED) is 0.902. The third kappa shape index (κ3) is 5.96. The van der Waals surface area contributed by atoms with E-state index in [1.54, 1.807) is 11.3 Å². The molecule has 2 heterocycles. The van der Waals surface area contributed by atoms with E-state index in [1.807, 2.05) is 5.51 Å². The molecule has 0 amide bonds. The molecule has 1 aliphatic rings. The first-order valence-electron chi connectivity index (χ1n) is 6.55. The van der Waals surface area contributed by atoms with E-state index in [1.165, 1.54) is 56.0 Å². The van der Waals surface area contributed by atoms with Crippen molar-refractivity contribution in [2.24, 2.45) is 5.92 Å². The van der Waals surface area contributed by atoms with Crippen LogP contribution in [0.15, 0.2) is 5.51 Å². The molecule has 0 spiro atoms. The van der Waals surface area contributed by atoms with Crippen molar-refractivity contribution in [3.8, 4) is 0 Å². The Hall–Kier alpha value is 0.130.